The zero-order chi connectivity index (χ0) is 17.1. The molecular formula is C17H11ClF2N2O2. The average Bonchev–Trinajstić information content (AvgIpc) is 3.00. The predicted octanol–water partition coefficient (Wildman–Crippen LogP) is 4.45. The molecule has 0 saturated carbocycles. The van der Waals surface area contributed by atoms with Crippen molar-refractivity contribution in [2.45, 2.75) is 6.42 Å². The maximum Gasteiger partial charge on any atom is 0.230 e. The highest BCUT2D eigenvalue weighted by Crippen LogP contribution is 2.22. The van der Waals surface area contributed by atoms with Gasteiger partial charge in [0, 0.05) is 17.3 Å². The number of rotatable bonds is 4. The Balaban J connectivity index is 1.66. The van der Waals surface area contributed by atoms with Crippen molar-refractivity contribution in [1.82, 2.24) is 5.16 Å². The number of aromatic nitrogens is 1. The van der Waals surface area contributed by atoms with Crippen molar-refractivity contribution in [2.75, 3.05) is 5.32 Å². The Labute approximate surface area is 141 Å². The maximum absolute atomic E-state index is 13.1. The van der Waals surface area contributed by atoms with E-state index in [1.807, 2.05) is 0 Å². The minimum Gasteiger partial charge on any atom is -0.356 e. The van der Waals surface area contributed by atoms with Crippen LogP contribution in [0, 0.1) is 11.6 Å². The van der Waals surface area contributed by atoms with Gasteiger partial charge in [-0.2, -0.15) is 0 Å². The summed E-state index contributed by atoms with van der Waals surface area (Å²) in [5, 5.41) is 6.33. The van der Waals surface area contributed by atoms with Crippen molar-refractivity contribution >= 4 is 23.2 Å². The van der Waals surface area contributed by atoms with Crippen LogP contribution in [-0.4, -0.2) is 11.1 Å². The van der Waals surface area contributed by atoms with Crippen molar-refractivity contribution < 1.29 is 18.1 Å². The predicted molar refractivity (Wildman–Crippen MR) is 85.6 cm³/mol. The summed E-state index contributed by atoms with van der Waals surface area (Å²) in [6.45, 7) is 0. The highest BCUT2D eigenvalue weighted by atomic mass is 35.5. The lowest BCUT2D eigenvalue weighted by Crippen LogP contribution is -2.14. The zero-order valence-electron chi connectivity index (χ0n) is 12.2. The molecule has 0 aliphatic rings. The number of amides is 1. The third-order valence-electron chi connectivity index (χ3n) is 3.23. The summed E-state index contributed by atoms with van der Waals surface area (Å²) < 4.78 is 31.1. The zero-order valence-corrected chi connectivity index (χ0v) is 13.0. The van der Waals surface area contributed by atoms with E-state index < -0.39 is 5.82 Å². The molecule has 0 aliphatic heterocycles. The fraction of sp³-hybridized carbons (Fsp3) is 0.0588. The normalized spacial score (nSPS) is 10.6. The standard InChI is InChI=1S/C17H11ClF2N2O2/c18-14-7-12(5-6-15(14)20)21-17(23)9-13-8-16(24-22-13)10-1-3-11(19)4-2-10/h1-8H,9H2,(H,21,23). The third-order valence-corrected chi connectivity index (χ3v) is 3.52. The van der Waals surface area contributed by atoms with Gasteiger partial charge in [0.1, 0.15) is 11.6 Å². The summed E-state index contributed by atoms with van der Waals surface area (Å²) in [6, 6.07) is 11.2. The van der Waals surface area contributed by atoms with Crippen molar-refractivity contribution in [3.05, 3.63) is 70.9 Å². The minimum absolute atomic E-state index is 0.0281. The number of hydrogen-bond donors (Lipinski definition) is 1. The molecule has 1 heterocycles. The lowest BCUT2D eigenvalue weighted by molar-refractivity contribution is -0.115. The van der Waals surface area contributed by atoms with E-state index in [-0.39, 0.29) is 23.2 Å². The quantitative estimate of drug-likeness (QED) is 0.757. The molecule has 0 bridgehead atoms. The van der Waals surface area contributed by atoms with Gasteiger partial charge in [-0.15, -0.1) is 0 Å². The van der Waals surface area contributed by atoms with Gasteiger partial charge in [-0.1, -0.05) is 16.8 Å². The number of nitrogens with zero attached hydrogens (tertiary/aromatic N) is 1. The van der Waals surface area contributed by atoms with Gasteiger partial charge in [-0.05, 0) is 42.5 Å². The number of halogens is 3. The Morgan fingerprint density at radius 2 is 1.88 bits per heavy atom. The summed E-state index contributed by atoms with van der Waals surface area (Å²) in [5.74, 6) is -0.829. The smallest absolute Gasteiger partial charge is 0.230 e. The van der Waals surface area contributed by atoms with E-state index in [1.54, 1.807) is 18.2 Å². The van der Waals surface area contributed by atoms with E-state index >= 15 is 0 Å². The second-order valence-electron chi connectivity index (χ2n) is 5.04. The van der Waals surface area contributed by atoms with Gasteiger partial charge in [0.05, 0.1) is 17.1 Å². The second kappa shape index (κ2) is 6.80. The topological polar surface area (TPSA) is 55.1 Å². The number of carbonyl (C=O) groups is 1. The van der Waals surface area contributed by atoms with Crippen LogP contribution >= 0.6 is 11.6 Å². The molecule has 122 valence electrons. The van der Waals surface area contributed by atoms with Gasteiger partial charge in [0.2, 0.25) is 5.91 Å². The largest absolute Gasteiger partial charge is 0.356 e. The number of anilines is 1. The minimum atomic E-state index is -0.560. The molecule has 3 rings (SSSR count). The summed E-state index contributed by atoms with van der Waals surface area (Å²) in [6.07, 6.45) is -0.0281. The SMILES string of the molecule is O=C(Cc1cc(-c2ccc(F)cc2)on1)Nc1ccc(F)c(Cl)c1. The molecule has 0 unspecified atom stereocenters. The van der Waals surface area contributed by atoms with E-state index in [0.717, 1.165) is 0 Å². The van der Waals surface area contributed by atoms with Gasteiger partial charge in [-0.25, -0.2) is 8.78 Å². The van der Waals surface area contributed by atoms with Crippen LogP contribution in [0.3, 0.4) is 0 Å². The lowest BCUT2D eigenvalue weighted by Gasteiger charge is -2.04. The summed E-state index contributed by atoms with van der Waals surface area (Å²) in [7, 11) is 0. The molecule has 0 aliphatic carbocycles. The first-order valence-electron chi connectivity index (χ1n) is 6.98. The fourth-order valence-electron chi connectivity index (χ4n) is 2.09. The van der Waals surface area contributed by atoms with Crippen molar-refractivity contribution in [1.29, 1.82) is 0 Å². The van der Waals surface area contributed by atoms with Gasteiger partial charge in [0.15, 0.2) is 5.76 Å². The number of nitrogens with one attached hydrogen (secondary N) is 1. The molecule has 1 N–H and O–H groups in total. The number of hydrogen-bond acceptors (Lipinski definition) is 3. The first-order valence-corrected chi connectivity index (χ1v) is 7.35. The van der Waals surface area contributed by atoms with Crippen molar-refractivity contribution in [3.8, 4) is 11.3 Å². The van der Waals surface area contributed by atoms with Crippen LogP contribution in [0.4, 0.5) is 14.5 Å². The molecule has 0 saturated heterocycles. The molecule has 0 radical (unpaired) electrons. The molecule has 0 atom stereocenters. The van der Waals surface area contributed by atoms with E-state index in [1.165, 1.54) is 30.3 Å². The molecule has 3 aromatic rings. The fourth-order valence-corrected chi connectivity index (χ4v) is 2.27. The first kappa shape index (κ1) is 16.1. The van der Waals surface area contributed by atoms with Gasteiger partial charge < -0.3 is 9.84 Å². The first-order chi connectivity index (χ1) is 11.5. The molecule has 2 aromatic carbocycles. The molecule has 24 heavy (non-hydrogen) atoms. The molecule has 1 aromatic heterocycles. The highest BCUT2D eigenvalue weighted by molar-refractivity contribution is 6.31. The molecule has 7 heteroatoms. The molecule has 1 amide bonds. The average molecular weight is 349 g/mol. The van der Waals surface area contributed by atoms with Crippen LogP contribution in [0.2, 0.25) is 5.02 Å². The Bertz CT molecular complexity index is 879. The molecule has 0 fully saturated rings. The van der Waals surface area contributed by atoms with Crippen molar-refractivity contribution in [2.24, 2.45) is 0 Å². The Morgan fingerprint density at radius 1 is 1.12 bits per heavy atom. The molecule has 4 nitrogen and oxygen atoms in total. The maximum atomic E-state index is 13.1. The molecule has 0 spiro atoms. The summed E-state index contributed by atoms with van der Waals surface area (Å²) in [5.41, 5.74) is 1.45. The van der Waals surface area contributed by atoms with Gasteiger partial charge >= 0.3 is 0 Å². The van der Waals surface area contributed by atoms with Crippen LogP contribution in [0.25, 0.3) is 11.3 Å². The lowest BCUT2D eigenvalue weighted by atomic mass is 10.1. The molecular weight excluding hydrogens is 338 g/mol. The van der Waals surface area contributed by atoms with Crippen LogP contribution in [0.15, 0.2) is 53.1 Å². The highest BCUT2D eigenvalue weighted by Gasteiger charge is 2.12. The van der Waals surface area contributed by atoms with E-state index in [4.69, 9.17) is 16.1 Å². The van der Waals surface area contributed by atoms with Gasteiger partial charge in [-0.3, -0.25) is 4.79 Å². The van der Waals surface area contributed by atoms with Crippen LogP contribution < -0.4 is 5.32 Å². The summed E-state index contributed by atoms with van der Waals surface area (Å²) in [4.78, 5) is 12.0. The monoisotopic (exact) mass is 348 g/mol. The van der Waals surface area contributed by atoms with Gasteiger partial charge in [0.25, 0.3) is 0 Å². The Hall–Kier alpha value is -2.73. The number of benzene rings is 2. The third kappa shape index (κ3) is 3.78. The van der Waals surface area contributed by atoms with Crippen LogP contribution in [0.5, 0.6) is 0 Å². The van der Waals surface area contributed by atoms with E-state index in [9.17, 15) is 13.6 Å². The Morgan fingerprint density at radius 3 is 2.58 bits per heavy atom. The van der Waals surface area contributed by atoms with Crippen LogP contribution in [-0.2, 0) is 11.2 Å². The Kier molecular flexibility index (Phi) is 4.57. The second-order valence-corrected chi connectivity index (χ2v) is 5.45. The van der Waals surface area contributed by atoms with E-state index in [2.05, 4.69) is 10.5 Å². The summed E-state index contributed by atoms with van der Waals surface area (Å²) >= 11 is 5.66. The van der Waals surface area contributed by atoms with Crippen molar-refractivity contribution in [3.63, 3.8) is 0 Å². The van der Waals surface area contributed by atoms with Crippen LogP contribution in [0.1, 0.15) is 5.69 Å². The van der Waals surface area contributed by atoms with E-state index in [0.29, 0.717) is 22.7 Å². The number of carbonyl (C=O) groups excluding carboxylic acids is 1.